The summed E-state index contributed by atoms with van der Waals surface area (Å²) in [4.78, 5) is 5.15. The maximum absolute atomic E-state index is 3.61. The molecular weight excluding hydrogens is 234 g/mol. The van der Waals surface area contributed by atoms with Crippen molar-refractivity contribution < 1.29 is 0 Å². The third kappa shape index (κ3) is 5.80. The fourth-order valence-corrected chi connectivity index (χ4v) is 3.00. The Morgan fingerprint density at radius 2 is 1.68 bits per heavy atom. The normalized spacial score (nSPS) is 27.2. The standard InChI is InChI=1S/C16H35N3/c1-13(2)8-17-11-16(5,6)12-19-9-14(3)18(7)15(4)10-19/h13-15,17H,8-12H2,1-7H3. The lowest BCUT2D eigenvalue weighted by Gasteiger charge is -2.45. The van der Waals surface area contributed by atoms with Crippen LogP contribution in [0.3, 0.4) is 0 Å². The van der Waals surface area contributed by atoms with Gasteiger partial charge in [-0.2, -0.15) is 0 Å². The van der Waals surface area contributed by atoms with E-state index in [-0.39, 0.29) is 0 Å². The van der Waals surface area contributed by atoms with E-state index in [1.165, 1.54) is 19.6 Å². The first-order valence-corrected chi connectivity index (χ1v) is 7.86. The summed E-state index contributed by atoms with van der Waals surface area (Å²) in [5.41, 5.74) is 0.351. The summed E-state index contributed by atoms with van der Waals surface area (Å²) >= 11 is 0. The van der Waals surface area contributed by atoms with Crippen LogP contribution in [0.1, 0.15) is 41.5 Å². The van der Waals surface area contributed by atoms with Crippen LogP contribution in [-0.4, -0.2) is 61.7 Å². The first-order chi connectivity index (χ1) is 8.71. The van der Waals surface area contributed by atoms with Gasteiger partial charge in [-0.15, -0.1) is 0 Å². The zero-order chi connectivity index (χ0) is 14.6. The second-order valence-corrected chi connectivity index (χ2v) is 7.75. The van der Waals surface area contributed by atoms with Gasteiger partial charge < -0.3 is 5.32 Å². The molecule has 3 nitrogen and oxygen atoms in total. The average molecular weight is 269 g/mol. The Bertz CT molecular complexity index is 251. The van der Waals surface area contributed by atoms with Crippen molar-refractivity contribution in [2.24, 2.45) is 11.3 Å². The van der Waals surface area contributed by atoms with Crippen LogP contribution in [0.4, 0.5) is 0 Å². The largest absolute Gasteiger partial charge is 0.316 e. The Labute approximate surface area is 120 Å². The molecule has 0 saturated carbocycles. The van der Waals surface area contributed by atoms with E-state index < -0.39 is 0 Å². The highest BCUT2D eigenvalue weighted by atomic mass is 15.3. The van der Waals surface area contributed by atoms with Gasteiger partial charge in [-0.1, -0.05) is 27.7 Å². The van der Waals surface area contributed by atoms with Crippen molar-refractivity contribution in [2.75, 3.05) is 39.8 Å². The summed E-state index contributed by atoms with van der Waals surface area (Å²) < 4.78 is 0. The predicted octanol–water partition coefficient (Wildman–Crippen LogP) is 2.28. The molecule has 1 aliphatic rings. The monoisotopic (exact) mass is 269 g/mol. The number of hydrogen-bond donors (Lipinski definition) is 1. The third-order valence-corrected chi connectivity index (χ3v) is 4.24. The van der Waals surface area contributed by atoms with Crippen LogP contribution in [0.15, 0.2) is 0 Å². The van der Waals surface area contributed by atoms with Crippen LogP contribution in [0.25, 0.3) is 0 Å². The van der Waals surface area contributed by atoms with Crippen molar-refractivity contribution in [3.63, 3.8) is 0 Å². The van der Waals surface area contributed by atoms with Gasteiger partial charge in [-0.05, 0) is 38.8 Å². The van der Waals surface area contributed by atoms with E-state index >= 15 is 0 Å². The van der Waals surface area contributed by atoms with Crippen molar-refractivity contribution in [2.45, 2.75) is 53.6 Å². The fourth-order valence-electron chi connectivity index (χ4n) is 3.00. The Hall–Kier alpha value is -0.120. The molecule has 19 heavy (non-hydrogen) atoms. The van der Waals surface area contributed by atoms with Gasteiger partial charge in [0.05, 0.1) is 0 Å². The highest BCUT2D eigenvalue weighted by Crippen LogP contribution is 2.20. The minimum absolute atomic E-state index is 0.351. The molecule has 114 valence electrons. The summed E-state index contributed by atoms with van der Waals surface area (Å²) in [5.74, 6) is 0.736. The van der Waals surface area contributed by atoms with Gasteiger partial charge in [0.25, 0.3) is 0 Å². The van der Waals surface area contributed by atoms with E-state index in [0.29, 0.717) is 17.5 Å². The van der Waals surface area contributed by atoms with E-state index in [9.17, 15) is 0 Å². The average Bonchev–Trinajstić information content (AvgIpc) is 2.24. The van der Waals surface area contributed by atoms with Crippen LogP contribution in [0.2, 0.25) is 0 Å². The molecule has 0 aromatic heterocycles. The molecule has 2 atom stereocenters. The Kier molecular flexibility index (Phi) is 6.28. The maximum atomic E-state index is 3.61. The molecule has 1 rings (SSSR count). The zero-order valence-corrected chi connectivity index (χ0v) is 14.2. The van der Waals surface area contributed by atoms with Crippen molar-refractivity contribution in [1.82, 2.24) is 15.1 Å². The third-order valence-electron chi connectivity index (χ3n) is 4.24. The summed E-state index contributed by atoms with van der Waals surface area (Å²) in [6.45, 7) is 19.8. The van der Waals surface area contributed by atoms with Gasteiger partial charge >= 0.3 is 0 Å². The van der Waals surface area contributed by atoms with Crippen LogP contribution in [0, 0.1) is 11.3 Å². The van der Waals surface area contributed by atoms with Crippen molar-refractivity contribution in [1.29, 1.82) is 0 Å². The van der Waals surface area contributed by atoms with E-state index in [1.54, 1.807) is 0 Å². The maximum Gasteiger partial charge on any atom is 0.0195 e. The first-order valence-electron chi connectivity index (χ1n) is 7.86. The molecule has 0 aromatic rings. The van der Waals surface area contributed by atoms with Gasteiger partial charge in [0.15, 0.2) is 0 Å². The molecule has 0 spiro atoms. The van der Waals surface area contributed by atoms with E-state index in [0.717, 1.165) is 19.0 Å². The van der Waals surface area contributed by atoms with Crippen molar-refractivity contribution in [3.05, 3.63) is 0 Å². The molecule has 2 unspecified atom stereocenters. The number of nitrogens with zero attached hydrogens (tertiary/aromatic N) is 2. The number of hydrogen-bond acceptors (Lipinski definition) is 3. The lowest BCUT2D eigenvalue weighted by molar-refractivity contribution is 0.0382. The van der Waals surface area contributed by atoms with E-state index in [4.69, 9.17) is 0 Å². The first kappa shape index (κ1) is 16.9. The molecule has 1 aliphatic heterocycles. The van der Waals surface area contributed by atoms with Crippen molar-refractivity contribution >= 4 is 0 Å². The molecule has 3 heteroatoms. The lowest BCUT2D eigenvalue weighted by Crippen LogP contribution is -2.57. The summed E-state index contributed by atoms with van der Waals surface area (Å²) in [6.07, 6.45) is 0. The quantitative estimate of drug-likeness (QED) is 0.798. The molecule has 0 radical (unpaired) electrons. The second-order valence-electron chi connectivity index (χ2n) is 7.75. The zero-order valence-electron chi connectivity index (χ0n) is 14.2. The summed E-state index contributed by atoms with van der Waals surface area (Å²) in [6, 6.07) is 1.34. The van der Waals surface area contributed by atoms with E-state index in [2.05, 4.69) is 63.7 Å². The van der Waals surface area contributed by atoms with Crippen LogP contribution in [-0.2, 0) is 0 Å². The molecule has 1 saturated heterocycles. The SMILES string of the molecule is CC(C)CNCC(C)(C)CN1CC(C)N(C)C(C)C1. The van der Waals surface area contributed by atoms with Crippen LogP contribution < -0.4 is 5.32 Å². The molecule has 0 bridgehead atoms. The summed E-state index contributed by atoms with van der Waals surface area (Å²) in [7, 11) is 2.25. The minimum Gasteiger partial charge on any atom is -0.316 e. The Morgan fingerprint density at radius 1 is 1.16 bits per heavy atom. The highest BCUT2D eigenvalue weighted by molar-refractivity contribution is 4.86. The Balaban J connectivity index is 2.40. The number of likely N-dealkylation sites (N-methyl/N-ethyl adjacent to an activating group) is 1. The molecule has 0 aliphatic carbocycles. The summed E-state index contributed by atoms with van der Waals surface area (Å²) in [5, 5.41) is 3.61. The lowest BCUT2D eigenvalue weighted by atomic mass is 9.91. The van der Waals surface area contributed by atoms with E-state index in [1.807, 2.05) is 0 Å². The minimum atomic E-state index is 0.351. The number of nitrogens with one attached hydrogen (secondary N) is 1. The van der Waals surface area contributed by atoms with Gasteiger partial charge in [0.1, 0.15) is 0 Å². The molecule has 0 aromatic carbocycles. The van der Waals surface area contributed by atoms with Gasteiger partial charge in [0.2, 0.25) is 0 Å². The van der Waals surface area contributed by atoms with Crippen molar-refractivity contribution in [3.8, 4) is 0 Å². The second kappa shape index (κ2) is 7.05. The molecule has 0 amide bonds. The Morgan fingerprint density at radius 3 is 2.16 bits per heavy atom. The topological polar surface area (TPSA) is 18.5 Å². The van der Waals surface area contributed by atoms with Crippen LogP contribution >= 0.6 is 0 Å². The smallest absolute Gasteiger partial charge is 0.0195 e. The fraction of sp³-hybridized carbons (Fsp3) is 1.00. The predicted molar refractivity (Wildman–Crippen MR) is 84.6 cm³/mol. The van der Waals surface area contributed by atoms with Gasteiger partial charge in [-0.3, -0.25) is 9.80 Å². The van der Waals surface area contributed by atoms with Crippen LogP contribution in [0.5, 0.6) is 0 Å². The molecule has 1 fully saturated rings. The molecular formula is C16H35N3. The number of piperazine rings is 1. The molecule has 1 heterocycles. The molecule has 1 N–H and O–H groups in total. The number of rotatable bonds is 6. The highest BCUT2D eigenvalue weighted by Gasteiger charge is 2.30. The van der Waals surface area contributed by atoms with Gasteiger partial charge in [0, 0.05) is 38.3 Å². The van der Waals surface area contributed by atoms with Gasteiger partial charge in [-0.25, -0.2) is 0 Å².